The standard InChI is InChI=1S/C16H22N2O5S/c1-12-11-23-9-8-18(12)24(20,21)15-10-13(5-6-14(15)22-2)17-7-3-4-16(17)19/h5-6,10,12H,3-4,7-9,11H2,1-2H3. The van der Waals surface area contributed by atoms with Gasteiger partial charge in [-0.15, -0.1) is 0 Å². The summed E-state index contributed by atoms with van der Waals surface area (Å²) < 4.78 is 38.3. The van der Waals surface area contributed by atoms with Crippen LogP contribution in [0.4, 0.5) is 5.69 Å². The lowest BCUT2D eigenvalue weighted by atomic mass is 10.3. The predicted octanol–water partition coefficient (Wildman–Crippen LogP) is 1.23. The highest BCUT2D eigenvalue weighted by molar-refractivity contribution is 7.89. The van der Waals surface area contributed by atoms with Crippen molar-refractivity contribution in [3.8, 4) is 5.75 Å². The predicted molar refractivity (Wildman–Crippen MR) is 88.8 cm³/mol. The number of hydrogen-bond donors (Lipinski definition) is 0. The molecule has 0 aromatic heterocycles. The molecule has 2 heterocycles. The van der Waals surface area contributed by atoms with Crippen LogP contribution in [0.2, 0.25) is 0 Å². The van der Waals surface area contributed by atoms with Crippen molar-refractivity contribution in [3.05, 3.63) is 18.2 Å². The number of carbonyl (C=O) groups excluding carboxylic acids is 1. The Bertz CT molecular complexity index is 734. The van der Waals surface area contributed by atoms with E-state index < -0.39 is 10.0 Å². The summed E-state index contributed by atoms with van der Waals surface area (Å²) in [6.07, 6.45) is 1.28. The summed E-state index contributed by atoms with van der Waals surface area (Å²) >= 11 is 0. The van der Waals surface area contributed by atoms with Gasteiger partial charge in [-0.05, 0) is 31.5 Å². The SMILES string of the molecule is COc1ccc(N2CCCC2=O)cc1S(=O)(=O)N1CCOCC1C. The van der Waals surface area contributed by atoms with Gasteiger partial charge < -0.3 is 14.4 Å². The van der Waals surface area contributed by atoms with E-state index in [-0.39, 0.29) is 22.6 Å². The lowest BCUT2D eigenvalue weighted by molar-refractivity contribution is -0.117. The number of carbonyl (C=O) groups is 1. The van der Waals surface area contributed by atoms with Crippen molar-refractivity contribution in [2.24, 2.45) is 0 Å². The van der Waals surface area contributed by atoms with Crippen molar-refractivity contribution < 1.29 is 22.7 Å². The number of ether oxygens (including phenoxy) is 2. The molecule has 8 heteroatoms. The molecule has 2 aliphatic heterocycles. The van der Waals surface area contributed by atoms with Crippen molar-refractivity contribution in [3.63, 3.8) is 0 Å². The van der Waals surface area contributed by atoms with E-state index in [1.165, 1.54) is 11.4 Å². The van der Waals surface area contributed by atoms with Crippen LogP contribution in [0.15, 0.2) is 23.1 Å². The van der Waals surface area contributed by atoms with Gasteiger partial charge in [-0.25, -0.2) is 8.42 Å². The molecular formula is C16H22N2O5S. The highest BCUT2D eigenvalue weighted by Gasteiger charge is 2.34. The Morgan fingerprint density at radius 2 is 2.08 bits per heavy atom. The van der Waals surface area contributed by atoms with Gasteiger partial charge in [0.15, 0.2) is 0 Å². The van der Waals surface area contributed by atoms with Gasteiger partial charge in [0.2, 0.25) is 15.9 Å². The number of sulfonamides is 1. The third kappa shape index (κ3) is 3.01. The molecule has 2 aliphatic rings. The number of amides is 1. The van der Waals surface area contributed by atoms with E-state index in [4.69, 9.17) is 9.47 Å². The smallest absolute Gasteiger partial charge is 0.247 e. The first kappa shape index (κ1) is 17.2. The summed E-state index contributed by atoms with van der Waals surface area (Å²) in [5.74, 6) is 0.298. The van der Waals surface area contributed by atoms with Gasteiger partial charge in [-0.3, -0.25) is 4.79 Å². The third-order valence-electron chi connectivity index (χ3n) is 4.43. The Kier molecular flexibility index (Phi) is 4.80. The minimum absolute atomic E-state index is 0.0169. The topological polar surface area (TPSA) is 76.2 Å². The van der Waals surface area contributed by atoms with Gasteiger partial charge in [0.05, 0.1) is 20.3 Å². The fraction of sp³-hybridized carbons (Fsp3) is 0.562. The molecule has 2 saturated heterocycles. The lowest BCUT2D eigenvalue weighted by Gasteiger charge is -2.32. The first-order chi connectivity index (χ1) is 11.4. The maximum absolute atomic E-state index is 13.1. The van der Waals surface area contributed by atoms with E-state index in [2.05, 4.69) is 0 Å². The third-order valence-corrected chi connectivity index (χ3v) is 6.46. The van der Waals surface area contributed by atoms with Crippen LogP contribution in [0, 0.1) is 0 Å². The molecule has 24 heavy (non-hydrogen) atoms. The molecule has 1 atom stereocenters. The second-order valence-corrected chi connectivity index (χ2v) is 7.88. The number of hydrogen-bond acceptors (Lipinski definition) is 5. The van der Waals surface area contributed by atoms with Crippen LogP contribution in [0.3, 0.4) is 0 Å². The monoisotopic (exact) mass is 354 g/mol. The molecule has 1 aromatic rings. The van der Waals surface area contributed by atoms with Crippen LogP contribution in [0.1, 0.15) is 19.8 Å². The number of anilines is 1. The van der Waals surface area contributed by atoms with Crippen LogP contribution in [-0.4, -0.2) is 58.1 Å². The molecule has 1 aromatic carbocycles. The van der Waals surface area contributed by atoms with Crippen LogP contribution in [0.5, 0.6) is 5.75 Å². The molecule has 132 valence electrons. The Morgan fingerprint density at radius 3 is 2.71 bits per heavy atom. The zero-order valence-corrected chi connectivity index (χ0v) is 14.7. The molecule has 7 nitrogen and oxygen atoms in total. The van der Waals surface area contributed by atoms with Crippen LogP contribution in [-0.2, 0) is 19.6 Å². The number of nitrogens with zero attached hydrogens (tertiary/aromatic N) is 2. The second-order valence-electron chi connectivity index (χ2n) is 6.02. The number of morpholine rings is 1. The maximum Gasteiger partial charge on any atom is 0.247 e. The summed E-state index contributed by atoms with van der Waals surface area (Å²) in [6.45, 7) is 3.47. The summed E-state index contributed by atoms with van der Waals surface area (Å²) in [5.41, 5.74) is 0.595. The van der Waals surface area contributed by atoms with E-state index in [1.807, 2.05) is 6.92 Å². The molecule has 2 fully saturated rings. The van der Waals surface area contributed by atoms with Gasteiger partial charge in [0.1, 0.15) is 10.6 Å². The molecule has 0 N–H and O–H groups in total. The van der Waals surface area contributed by atoms with Crippen LogP contribution < -0.4 is 9.64 Å². The molecule has 0 radical (unpaired) electrons. The molecule has 0 bridgehead atoms. The highest BCUT2D eigenvalue weighted by Crippen LogP contribution is 2.33. The van der Waals surface area contributed by atoms with Gasteiger partial charge >= 0.3 is 0 Å². The fourth-order valence-electron chi connectivity index (χ4n) is 3.15. The zero-order chi connectivity index (χ0) is 17.3. The summed E-state index contributed by atoms with van der Waals surface area (Å²) in [6, 6.07) is 4.63. The molecule has 0 saturated carbocycles. The van der Waals surface area contributed by atoms with Gasteiger partial charge in [0.25, 0.3) is 0 Å². The van der Waals surface area contributed by atoms with Crippen molar-refractivity contribution in [2.45, 2.75) is 30.7 Å². The van der Waals surface area contributed by atoms with Crippen molar-refractivity contribution in [1.82, 2.24) is 4.31 Å². The second kappa shape index (κ2) is 6.70. The molecule has 1 unspecified atom stereocenters. The molecular weight excluding hydrogens is 332 g/mol. The number of rotatable bonds is 4. The van der Waals surface area contributed by atoms with E-state index >= 15 is 0 Å². The first-order valence-electron chi connectivity index (χ1n) is 8.03. The Balaban J connectivity index is 2.03. The highest BCUT2D eigenvalue weighted by atomic mass is 32.2. The van der Waals surface area contributed by atoms with Gasteiger partial charge in [0, 0.05) is 31.2 Å². The minimum Gasteiger partial charge on any atom is -0.495 e. The van der Waals surface area contributed by atoms with E-state index in [0.29, 0.717) is 38.4 Å². The zero-order valence-electron chi connectivity index (χ0n) is 13.9. The fourth-order valence-corrected chi connectivity index (χ4v) is 4.93. The molecule has 0 aliphatic carbocycles. The Hall–Kier alpha value is -1.64. The number of benzene rings is 1. The Morgan fingerprint density at radius 1 is 1.29 bits per heavy atom. The average Bonchev–Trinajstić information content (AvgIpc) is 3.00. The quantitative estimate of drug-likeness (QED) is 0.813. The minimum atomic E-state index is -3.73. The molecule has 1 amide bonds. The van der Waals surface area contributed by atoms with Crippen LogP contribution in [0.25, 0.3) is 0 Å². The van der Waals surface area contributed by atoms with Crippen LogP contribution >= 0.6 is 0 Å². The van der Waals surface area contributed by atoms with Gasteiger partial charge in [-0.2, -0.15) is 4.31 Å². The first-order valence-corrected chi connectivity index (χ1v) is 9.47. The normalized spacial score (nSPS) is 22.8. The van der Waals surface area contributed by atoms with E-state index in [9.17, 15) is 13.2 Å². The maximum atomic E-state index is 13.1. The summed E-state index contributed by atoms with van der Waals surface area (Å²) in [4.78, 5) is 13.7. The van der Waals surface area contributed by atoms with E-state index in [0.717, 1.165) is 6.42 Å². The molecule has 3 rings (SSSR count). The largest absolute Gasteiger partial charge is 0.495 e. The average molecular weight is 354 g/mol. The number of methoxy groups -OCH3 is 1. The van der Waals surface area contributed by atoms with E-state index in [1.54, 1.807) is 23.1 Å². The summed E-state index contributed by atoms with van der Waals surface area (Å²) in [5, 5.41) is 0. The van der Waals surface area contributed by atoms with Crippen molar-refractivity contribution >= 4 is 21.6 Å². The summed E-state index contributed by atoms with van der Waals surface area (Å²) in [7, 11) is -2.29. The lowest BCUT2D eigenvalue weighted by Crippen LogP contribution is -2.47. The van der Waals surface area contributed by atoms with Gasteiger partial charge in [-0.1, -0.05) is 0 Å². The Labute approximate surface area is 142 Å². The molecule has 0 spiro atoms. The van der Waals surface area contributed by atoms with Crippen molar-refractivity contribution in [1.29, 1.82) is 0 Å². The van der Waals surface area contributed by atoms with Crippen molar-refractivity contribution in [2.75, 3.05) is 38.3 Å².